The lowest BCUT2D eigenvalue weighted by atomic mass is 10.0. The molecule has 3 atom stereocenters. The van der Waals surface area contributed by atoms with Gasteiger partial charge in [-0.15, -0.1) is 5.48 Å². The van der Waals surface area contributed by atoms with E-state index in [-0.39, 0.29) is 11.6 Å². The molecule has 36 heavy (non-hydrogen) atoms. The zero-order valence-electron chi connectivity index (χ0n) is 20.8. The van der Waals surface area contributed by atoms with Crippen LogP contribution in [-0.4, -0.2) is 49.7 Å². The Morgan fingerprint density at radius 2 is 1.72 bits per heavy atom. The first kappa shape index (κ1) is 25.1. The molecule has 0 radical (unpaired) electrons. The molecule has 1 aliphatic rings. The summed E-state index contributed by atoms with van der Waals surface area (Å²) in [6, 6.07) is 20.8. The van der Waals surface area contributed by atoms with Gasteiger partial charge >= 0.3 is 0 Å². The lowest BCUT2D eigenvalue weighted by Gasteiger charge is -2.30. The standard InChI is InChI=1S/C28H30N4O4/c1-17(31-36-23-15-14-20(18(2)33)16-24(23)35-4)27(34)26-28(29)32(3)22-13-9-8-12-21(22)25(30-26)19-10-6-5-7-11-19/h5-17,26,28,31H,29H2,1-4H3/t17?,26?,28-/m0/s1. The molecule has 0 amide bonds. The van der Waals surface area contributed by atoms with Crippen LogP contribution in [0.1, 0.15) is 35.3 Å². The molecule has 0 saturated heterocycles. The number of nitrogens with one attached hydrogen (secondary N) is 1. The van der Waals surface area contributed by atoms with E-state index < -0.39 is 18.2 Å². The van der Waals surface area contributed by atoms with Crippen molar-refractivity contribution in [3.8, 4) is 11.5 Å². The minimum absolute atomic E-state index is 0.0871. The van der Waals surface area contributed by atoms with Gasteiger partial charge in [-0.1, -0.05) is 48.5 Å². The van der Waals surface area contributed by atoms with Crippen molar-refractivity contribution >= 4 is 23.0 Å². The number of hydrogen-bond donors (Lipinski definition) is 2. The van der Waals surface area contributed by atoms with Crippen LogP contribution in [0, 0.1) is 0 Å². The van der Waals surface area contributed by atoms with E-state index in [9.17, 15) is 9.59 Å². The van der Waals surface area contributed by atoms with Crippen LogP contribution in [-0.2, 0) is 4.79 Å². The molecule has 8 nitrogen and oxygen atoms in total. The Hall–Kier alpha value is -4.01. The minimum atomic E-state index is -0.856. The molecule has 3 N–H and O–H groups in total. The highest BCUT2D eigenvalue weighted by Gasteiger charge is 2.36. The van der Waals surface area contributed by atoms with Crippen LogP contribution in [0.3, 0.4) is 0 Å². The monoisotopic (exact) mass is 486 g/mol. The van der Waals surface area contributed by atoms with E-state index in [4.69, 9.17) is 20.3 Å². The molecule has 3 aromatic rings. The molecule has 0 spiro atoms. The molecule has 0 bridgehead atoms. The van der Waals surface area contributed by atoms with E-state index in [0.717, 1.165) is 16.8 Å². The summed E-state index contributed by atoms with van der Waals surface area (Å²) in [5.74, 6) is 0.414. The predicted molar refractivity (Wildman–Crippen MR) is 140 cm³/mol. The number of aliphatic imine (C=N–C) groups is 1. The maximum absolute atomic E-state index is 13.6. The summed E-state index contributed by atoms with van der Waals surface area (Å²) in [6.07, 6.45) is -0.687. The van der Waals surface area contributed by atoms with Gasteiger partial charge in [0.15, 0.2) is 23.1 Å². The van der Waals surface area contributed by atoms with Crippen molar-refractivity contribution in [3.63, 3.8) is 0 Å². The van der Waals surface area contributed by atoms with Crippen LogP contribution in [0.4, 0.5) is 5.69 Å². The highest BCUT2D eigenvalue weighted by atomic mass is 16.7. The lowest BCUT2D eigenvalue weighted by Crippen LogP contribution is -2.54. The Morgan fingerprint density at radius 1 is 1.03 bits per heavy atom. The molecular weight excluding hydrogens is 456 g/mol. The number of anilines is 1. The van der Waals surface area contributed by atoms with Gasteiger partial charge in [0.1, 0.15) is 18.2 Å². The fraction of sp³-hybridized carbons (Fsp3) is 0.250. The zero-order chi connectivity index (χ0) is 25.8. The molecule has 8 heteroatoms. The van der Waals surface area contributed by atoms with E-state index >= 15 is 0 Å². The van der Waals surface area contributed by atoms with E-state index in [1.807, 2.05) is 66.5 Å². The van der Waals surface area contributed by atoms with Gasteiger partial charge in [-0.25, -0.2) is 0 Å². The number of Topliss-reactive ketones (excluding diaryl/α,β-unsaturated/α-hetero) is 2. The highest BCUT2D eigenvalue weighted by molar-refractivity contribution is 6.17. The summed E-state index contributed by atoms with van der Waals surface area (Å²) in [7, 11) is 3.35. The lowest BCUT2D eigenvalue weighted by molar-refractivity contribution is -0.124. The SMILES string of the molecule is COc1cc(C(C)=O)ccc1ONC(C)C(=O)C1N=C(c2ccccc2)c2ccccc2N(C)[C@@H]1N. The maximum atomic E-state index is 13.6. The number of carbonyl (C=O) groups excluding carboxylic acids is 2. The second-order valence-corrected chi connectivity index (χ2v) is 8.67. The van der Waals surface area contributed by atoms with Gasteiger partial charge in [0.2, 0.25) is 0 Å². The normalized spacial score (nSPS) is 17.9. The fourth-order valence-electron chi connectivity index (χ4n) is 4.13. The van der Waals surface area contributed by atoms with E-state index in [1.165, 1.54) is 14.0 Å². The first-order valence-corrected chi connectivity index (χ1v) is 11.7. The Bertz CT molecular complexity index is 1290. The van der Waals surface area contributed by atoms with Gasteiger partial charge in [0.25, 0.3) is 0 Å². The fourth-order valence-corrected chi connectivity index (χ4v) is 4.13. The van der Waals surface area contributed by atoms with Crippen LogP contribution in [0.2, 0.25) is 0 Å². The zero-order valence-corrected chi connectivity index (χ0v) is 20.8. The Kier molecular flexibility index (Phi) is 7.47. The average Bonchev–Trinajstić information content (AvgIpc) is 3.01. The van der Waals surface area contributed by atoms with Crippen molar-refractivity contribution in [2.75, 3.05) is 19.1 Å². The van der Waals surface area contributed by atoms with Crippen LogP contribution in [0.25, 0.3) is 0 Å². The number of benzene rings is 3. The number of likely N-dealkylation sites (N-methyl/N-ethyl adjacent to an activating group) is 1. The van der Waals surface area contributed by atoms with Gasteiger partial charge in [-0.3, -0.25) is 14.6 Å². The Morgan fingerprint density at radius 3 is 2.42 bits per heavy atom. The summed E-state index contributed by atoms with van der Waals surface area (Å²) in [4.78, 5) is 37.8. The first-order chi connectivity index (χ1) is 17.3. The molecule has 4 rings (SSSR count). The topological polar surface area (TPSA) is 106 Å². The number of ether oxygens (including phenoxy) is 1. The molecule has 0 saturated carbocycles. The number of nitrogens with zero attached hydrogens (tertiary/aromatic N) is 2. The maximum Gasteiger partial charge on any atom is 0.189 e. The van der Waals surface area contributed by atoms with Crippen LogP contribution >= 0.6 is 0 Å². The molecular formula is C28H30N4O4. The number of rotatable bonds is 8. The van der Waals surface area contributed by atoms with Crippen molar-refractivity contribution in [3.05, 3.63) is 89.5 Å². The van der Waals surface area contributed by atoms with Gasteiger partial charge in [-0.05, 0) is 38.1 Å². The summed E-state index contributed by atoms with van der Waals surface area (Å²) < 4.78 is 5.34. The van der Waals surface area contributed by atoms with Gasteiger partial charge in [-0.2, -0.15) is 0 Å². The number of hydroxylamine groups is 1. The summed E-state index contributed by atoms with van der Waals surface area (Å²) >= 11 is 0. The number of hydrogen-bond acceptors (Lipinski definition) is 8. The predicted octanol–water partition coefficient (Wildman–Crippen LogP) is 3.38. The number of ketones is 2. The third kappa shape index (κ3) is 5.00. The minimum Gasteiger partial charge on any atom is -0.493 e. The van der Waals surface area contributed by atoms with E-state index in [0.29, 0.717) is 22.8 Å². The quantitative estimate of drug-likeness (QED) is 0.371. The van der Waals surface area contributed by atoms with Gasteiger partial charge < -0.3 is 20.2 Å². The Labute approximate surface area is 210 Å². The van der Waals surface area contributed by atoms with Crippen molar-refractivity contribution in [2.45, 2.75) is 32.1 Å². The smallest absolute Gasteiger partial charge is 0.189 e. The second kappa shape index (κ2) is 10.7. The third-order valence-corrected chi connectivity index (χ3v) is 6.26. The second-order valence-electron chi connectivity index (χ2n) is 8.67. The molecule has 1 heterocycles. The average molecular weight is 487 g/mol. The van der Waals surface area contributed by atoms with Gasteiger partial charge in [0.05, 0.1) is 12.8 Å². The van der Waals surface area contributed by atoms with Crippen LogP contribution < -0.4 is 25.7 Å². The highest BCUT2D eigenvalue weighted by Crippen LogP contribution is 2.30. The van der Waals surface area contributed by atoms with Gasteiger partial charge in [0, 0.05) is 29.4 Å². The number of fused-ring (bicyclic) bond motifs is 1. The molecule has 0 aromatic heterocycles. The molecule has 1 aliphatic heterocycles. The molecule has 2 unspecified atom stereocenters. The first-order valence-electron chi connectivity index (χ1n) is 11.7. The van der Waals surface area contributed by atoms with E-state index in [2.05, 4.69) is 5.48 Å². The van der Waals surface area contributed by atoms with Crippen LogP contribution in [0.15, 0.2) is 77.8 Å². The molecule has 186 valence electrons. The van der Waals surface area contributed by atoms with Crippen LogP contribution in [0.5, 0.6) is 11.5 Å². The number of methoxy groups -OCH3 is 1. The Balaban J connectivity index is 1.62. The molecule has 3 aromatic carbocycles. The summed E-state index contributed by atoms with van der Waals surface area (Å²) in [5.41, 5.74) is 13.3. The third-order valence-electron chi connectivity index (χ3n) is 6.26. The van der Waals surface area contributed by atoms with Crippen molar-refractivity contribution in [2.24, 2.45) is 10.7 Å². The number of nitrogens with two attached hydrogens (primary N) is 1. The number of carbonyl (C=O) groups is 2. The largest absolute Gasteiger partial charge is 0.493 e. The van der Waals surface area contributed by atoms with Crippen molar-refractivity contribution in [1.29, 1.82) is 0 Å². The molecule has 0 fully saturated rings. The number of benzodiazepines with no additional fused rings is 1. The number of para-hydroxylation sites is 1. The van der Waals surface area contributed by atoms with Crippen molar-refractivity contribution < 1.29 is 19.2 Å². The summed E-state index contributed by atoms with van der Waals surface area (Å²) in [6.45, 7) is 3.17. The molecule has 0 aliphatic carbocycles. The van der Waals surface area contributed by atoms with E-state index in [1.54, 1.807) is 25.1 Å². The summed E-state index contributed by atoms with van der Waals surface area (Å²) in [5, 5.41) is 0. The van der Waals surface area contributed by atoms with Crippen molar-refractivity contribution in [1.82, 2.24) is 5.48 Å².